The van der Waals surface area contributed by atoms with E-state index in [4.69, 9.17) is 4.74 Å². The van der Waals surface area contributed by atoms with Gasteiger partial charge in [0, 0.05) is 37.1 Å². The van der Waals surface area contributed by atoms with Crippen molar-refractivity contribution in [1.29, 1.82) is 0 Å². The van der Waals surface area contributed by atoms with Crippen molar-refractivity contribution < 1.29 is 9.53 Å². The maximum absolute atomic E-state index is 12.1. The maximum atomic E-state index is 12.1. The predicted molar refractivity (Wildman–Crippen MR) is 86.8 cm³/mol. The van der Waals surface area contributed by atoms with Crippen LogP contribution in [0.4, 0.5) is 5.69 Å². The van der Waals surface area contributed by atoms with Crippen molar-refractivity contribution in [3.63, 3.8) is 0 Å². The summed E-state index contributed by atoms with van der Waals surface area (Å²) in [5, 5.41) is 0. The van der Waals surface area contributed by atoms with Gasteiger partial charge in [0.15, 0.2) is 0 Å². The Balaban J connectivity index is 1.67. The number of hydrogen-bond donors (Lipinski definition) is 1. The van der Waals surface area contributed by atoms with Crippen LogP contribution in [0, 0.1) is 0 Å². The zero-order valence-electron chi connectivity index (χ0n) is 13.5. The Morgan fingerprint density at radius 3 is 3.00 bits per heavy atom. The molecule has 0 spiro atoms. The summed E-state index contributed by atoms with van der Waals surface area (Å²) < 4.78 is 5.47. The first kappa shape index (κ1) is 14.3. The minimum atomic E-state index is -0.466. The summed E-state index contributed by atoms with van der Waals surface area (Å²) in [4.78, 5) is 23.5. The van der Waals surface area contributed by atoms with E-state index < -0.39 is 5.97 Å². The number of likely N-dealkylation sites (N-methyl/N-ethyl adjacent to an activating group) is 2. The van der Waals surface area contributed by atoms with Gasteiger partial charge in [-0.2, -0.15) is 0 Å². The van der Waals surface area contributed by atoms with Gasteiger partial charge < -0.3 is 14.6 Å². The lowest BCUT2D eigenvalue weighted by Gasteiger charge is -2.32. The van der Waals surface area contributed by atoms with Crippen LogP contribution in [-0.2, 0) is 5.41 Å². The molecule has 1 fully saturated rings. The van der Waals surface area contributed by atoms with Crippen LogP contribution in [0.2, 0.25) is 0 Å². The van der Waals surface area contributed by atoms with Crippen LogP contribution in [0.15, 0.2) is 30.6 Å². The van der Waals surface area contributed by atoms with Gasteiger partial charge in [-0.1, -0.05) is 6.92 Å². The fourth-order valence-electron chi connectivity index (χ4n) is 4.15. The molecular formula is C17H20N4O2. The molecule has 2 aliphatic heterocycles. The Morgan fingerprint density at radius 2 is 2.26 bits per heavy atom. The summed E-state index contributed by atoms with van der Waals surface area (Å²) in [6, 6.07) is 5.89. The summed E-state index contributed by atoms with van der Waals surface area (Å²) in [7, 11) is 4.29. The molecule has 23 heavy (non-hydrogen) atoms. The number of H-pyrrole nitrogens is 1. The number of hydrogen-bond acceptors (Lipinski definition) is 5. The predicted octanol–water partition coefficient (Wildman–Crippen LogP) is 2.00. The van der Waals surface area contributed by atoms with Crippen LogP contribution in [0.1, 0.15) is 29.5 Å². The number of benzene rings is 1. The smallest absolute Gasteiger partial charge is 0.379 e. The summed E-state index contributed by atoms with van der Waals surface area (Å²) >= 11 is 0. The number of fused-ring (bicyclic) bond motifs is 3. The highest BCUT2D eigenvalue weighted by molar-refractivity contribution is 5.87. The van der Waals surface area contributed by atoms with Gasteiger partial charge in [-0.15, -0.1) is 0 Å². The normalized spacial score (nSPS) is 26.2. The van der Waals surface area contributed by atoms with E-state index >= 15 is 0 Å². The van der Waals surface area contributed by atoms with Gasteiger partial charge in [0.1, 0.15) is 5.75 Å². The molecule has 1 aromatic carbocycles. The van der Waals surface area contributed by atoms with Crippen LogP contribution >= 0.6 is 0 Å². The molecule has 0 radical (unpaired) electrons. The Morgan fingerprint density at radius 1 is 1.43 bits per heavy atom. The van der Waals surface area contributed by atoms with Crippen LogP contribution in [-0.4, -0.2) is 47.6 Å². The van der Waals surface area contributed by atoms with E-state index in [1.807, 2.05) is 18.2 Å². The van der Waals surface area contributed by atoms with Gasteiger partial charge in [-0.05, 0) is 37.2 Å². The van der Waals surface area contributed by atoms with Crippen molar-refractivity contribution in [2.24, 2.45) is 0 Å². The molecule has 4 rings (SSSR count). The number of ether oxygens (including phenoxy) is 1. The second-order valence-corrected chi connectivity index (χ2v) is 6.64. The van der Waals surface area contributed by atoms with E-state index in [-0.39, 0.29) is 11.2 Å². The molecule has 0 bridgehead atoms. The van der Waals surface area contributed by atoms with Gasteiger partial charge in [0.2, 0.25) is 5.82 Å². The van der Waals surface area contributed by atoms with Crippen LogP contribution in [0.25, 0.3) is 0 Å². The Hall–Kier alpha value is -2.34. The van der Waals surface area contributed by atoms with Gasteiger partial charge in [0.25, 0.3) is 0 Å². The highest BCUT2D eigenvalue weighted by atomic mass is 16.5. The number of carbonyl (C=O) groups excluding carboxylic acids is 1. The SMILES string of the molecule is CN1CC[C@@]2(C)c3cc(OC(=O)c4ncc[nH]4)ccc3N(C)[C@@H]12. The average molecular weight is 312 g/mol. The Kier molecular flexibility index (Phi) is 2.99. The molecule has 2 atom stereocenters. The number of rotatable bonds is 2. The number of nitrogens with one attached hydrogen (secondary N) is 1. The van der Waals surface area contributed by atoms with Gasteiger partial charge in [0.05, 0.1) is 6.17 Å². The molecule has 120 valence electrons. The standard InChI is InChI=1S/C17H20N4O2/c1-17-6-9-20(2)16(17)21(3)13-5-4-11(10-12(13)17)23-15(22)14-18-7-8-19-14/h4-5,7-8,10,16H,6,9H2,1-3H3,(H,18,19)/t16-,17+/m1/s1. The van der Waals surface area contributed by atoms with E-state index in [0.29, 0.717) is 11.9 Å². The van der Waals surface area contributed by atoms with Crippen LogP contribution < -0.4 is 9.64 Å². The first-order valence-corrected chi connectivity index (χ1v) is 7.80. The lowest BCUT2D eigenvalue weighted by Crippen LogP contribution is -2.45. The number of carbonyl (C=O) groups is 1. The van der Waals surface area contributed by atoms with Crippen molar-refractivity contribution in [3.8, 4) is 5.75 Å². The Bertz CT molecular complexity index is 758. The number of aromatic amines is 1. The molecule has 0 aliphatic carbocycles. The van der Waals surface area contributed by atoms with E-state index in [1.54, 1.807) is 6.20 Å². The average Bonchev–Trinajstić information content (AvgIpc) is 3.20. The first-order valence-electron chi connectivity index (χ1n) is 7.80. The molecule has 1 aromatic heterocycles. The van der Waals surface area contributed by atoms with E-state index in [9.17, 15) is 4.79 Å². The van der Waals surface area contributed by atoms with Gasteiger partial charge >= 0.3 is 5.97 Å². The zero-order valence-corrected chi connectivity index (χ0v) is 13.5. The van der Waals surface area contributed by atoms with Crippen molar-refractivity contribution in [2.75, 3.05) is 25.5 Å². The fourth-order valence-corrected chi connectivity index (χ4v) is 4.15. The number of likely N-dealkylation sites (tertiary alicyclic amines) is 1. The molecule has 1 saturated heterocycles. The topological polar surface area (TPSA) is 61.5 Å². The summed E-state index contributed by atoms with van der Waals surface area (Å²) in [5.41, 5.74) is 2.52. The highest BCUT2D eigenvalue weighted by Crippen LogP contribution is 2.51. The maximum Gasteiger partial charge on any atom is 0.379 e. The van der Waals surface area contributed by atoms with Crippen LogP contribution in [0.5, 0.6) is 5.75 Å². The lowest BCUT2D eigenvalue weighted by molar-refractivity contribution is 0.0723. The van der Waals surface area contributed by atoms with Crippen molar-refractivity contribution in [3.05, 3.63) is 42.0 Å². The van der Waals surface area contributed by atoms with Crippen LogP contribution in [0.3, 0.4) is 0 Å². The number of nitrogens with zero attached hydrogens (tertiary/aromatic N) is 3. The third-order valence-corrected chi connectivity index (χ3v) is 5.20. The van der Waals surface area contributed by atoms with Crippen molar-refractivity contribution in [1.82, 2.24) is 14.9 Å². The molecule has 2 aliphatic rings. The van der Waals surface area contributed by atoms with E-state index in [1.165, 1.54) is 17.4 Å². The van der Waals surface area contributed by atoms with Gasteiger partial charge in [-0.3, -0.25) is 4.90 Å². The van der Waals surface area contributed by atoms with Gasteiger partial charge in [-0.25, -0.2) is 9.78 Å². The third kappa shape index (κ3) is 1.98. The summed E-state index contributed by atoms with van der Waals surface area (Å²) in [6.45, 7) is 3.36. The first-order chi connectivity index (χ1) is 11.0. The number of esters is 1. The molecule has 0 amide bonds. The van der Waals surface area contributed by atoms with E-state index in [0.717, 1.165) is 13.0 Å². The van der Waals surface area contributed by atoms with Crippen molar-refractivity contribution >= 4 is 11.7 Å². The monoisotopic (exact) mass is 312 g/mol. The number of aromatic nitrogens is 2. The second kappa shape index (κ2) is 4.83. The summed E-state index contributed by atoms with van der Waals surface area (Å²) in [5.74, 6) is 0.314. The Labute approximate surface area is 135 Å². The minimum absolute atomic E-state index is 0.0614. The zero-order chi connectivity index (χ0) is 16.2. The minimum Gasteiger partial charge on any atom is -0.421 e. The van der Waals surface area contributed by atoms with Crippen molar-refractivity contribution in [2.45, 2.75) is 24.9 Å². The number of anilines is 1. The lowest BCUT2D eigenvalue weighted by atomic mass is 9.81. The molecule has 1 N–H and O–H groups in total. The molecule has 0 saturated carbocycles. The van der Waals surface area contributed by atoms with E-state index in [2.05, 4.69) is 40.8 Å². The molecule has 6 heteroatoms. The number of imidazole rings is 1. The fraction of sp³-hybridized carbons (Fsp3) is 0.412. The quantitative estimate of drug-likeness (QED) is 0.679. The molecule has 3 heterocycles. The molecular weight excluding hydrogens is 292 g/mol. The summed E-state index contributed by atoms with van der Waals surface area (Å²) in [6.07, 6.45) is 4.59. The second-order valence-electron chi connectivity index (χ2n) is 6.64. The highest BCUT2D eigenvalue weighted by Gasteiger charge is 2.52. The molecule has 6 nitrogen and oxygen atoms in total. The largest absolute Gasteiger partial charge is 0.421 e. The third-order valence-electron chi connectivity index (χ3n) is 5.20. The molecule has 2 aromatic rings. The molecule has 0 unspecified atom stereocenters.